The maximum absolute atomic E-state index is 13.6. The summed E-state index contributed by atoms with van der Waals surface area (Å²) in [5.41, 5.74) is 7.20. The Bertz CT molecular complexity index is 4230. The smallest absolute Gasteiger partial charge is 0.399 e. The van der Waals surface area contributed by atoms with Crippen LogP contribution in [0.1, 0.15) is 34.6 Å². The van der Waals surface area contributed by atoms with Crippen molar-refractivity contribution in [1.29, 1.82) is 5.26 Å². The number of nitrogens with zero attached hydrogens (tertiary/aromatic N) is 14. The van der Waals surface area contributed by atoms with Gasteiger partial charge in [-0.25, -0.2) is 45.1 Å². The molecule has 86 heavy (non-hydrogen) atoms. The van der Waals surface area contributed by atoms with Crippen molar-refractivity contribution in [1.82, 2.24) is 48.5 Å². The molecule has 1 N–H and O–H groups in total. The number of hydrogen-bond donors (Lipinski definition) is 1. The van der Waals surface area contributed by atoms with Gasteiger partial charge in [0, 0.05) is 57.8 Å². The van der Waals surface area contributed by atoms with Gasteiger partial charge in [0.1, 0.15) is 39.6 Å². The number of alkyl halides is 3. The molecule has 11 rings (SSSR count). The fraction of sp³-hybridized carbons (Fsp3) is 0.193. The standard InChI is InChI=1S/C19H10ClFN6.C14H16BN3O2.C11H6BrClFN3.C9H5BrClFN2.C2H4Cl2.C2H2ClN/c1-22-11-26-10-14(19(25-26)12-3-5-16(21)15(20)7-12)13-4-6-17-24-8-18(23-2)27(17)9-13;1-13(2)14(3,4)20-15(19-13)10-6-7-11-17-8-12(16-5)18(11)9-10;1-15-6-17-5-8(12)11(16-17)7-2-3-10(14)9(13)4-7;10-6-4-13-14-9(6)5-1-2-8(12)7(11)3-5;1-2(3)4;3-1-2-4/h3-10H,11H2;6-9H,1-4H3;2-5H,6H2;1-4H,(H,13,14);2H,1H3;1H2. The van der Waals surface area contributed by atoms with Crippen molar-refractivity contribution < 1.29 is 22.5 Å². The van der Waals surface area contributed by atoms with Crippen molar-refractivity contribution in [3.05, 3.63) is 209 Å². The third kappa shape index (κ3) is 17.2. The Morgan fingerprint density at radius 3 is 1.56 bits per heavy atom. The number of nitrogens with one attached hydrogen (secondary N) is 1. The first-order valence-electron chi connectivity index (χ1n) is 24.7. The van der Waals surface area contributed by atoms with Crippen LogP contribution in [0.2, 0.25) is 15.1 Å². The Morgan fingerprint density at radius 1 is 0.651 bits per heavy atom. The molecule has 0 unspecified atom stereocenters. The molecule has 0 amide bonds. The normalized spacial score (nSPS) is 12.4. The lowest BCUT2D eigenvalue weighted by Crippen LogP contribution is -2.41. The maximum atomic E-state index is 13.6. The lowest BCUT2D eigenvalue weighted by atomic mass is 9.80. The highest BCUT2D eigenvalue weighted by atomic mass is 79.9. The van der Waals surface area contributed by atoms with E-state index in [-0.39, 0.29) is 50.3 Å². The van der Waals surface area contributed by atoms with E-state index in [9.17, 15) is 13.2 Å². The fourth-order valence-corrected chi connectivity index (χ4v) is 9.04. The van der Waals surface area contributed by atoms with E-state index in [1.165, 1.54) is 45.9 Å². The zero-order chi connectivity index (χ0) is 63.0. The number of aromatic nitrogens is 10. The highest BCUT2D eigenvalue weighted by Crippen LogP contribution is 2.38. The largest absolute Gasteiger partial charge is 0.498 e. The second-order valence-electron chi connectivity index (χ2n) is 18.6. The molecule has 0 aliphatic carbocycles. The zero-order valence-electron chi connectivity index (χ0n) is 45.6. The van der Waals surface area contributed by atoms with Gasteiger partial charge in [0.05, 0.1) is 78.0 Å². The number of imidazole rings is 2. The summed E-state index contributed by atoms with van der Waals surface area (Å²) >= 11 is 38.9. The van der Waals surface area contributed by atoms with Crippen LogP contribution in [0.3, 0.4) is 0 Å². The number of nitriles is 1. The van der Waals surface area contributed by atoms with Crippen LogP contribution in [0.4, 0.5) is 24.8 Å². The molecule has 3 aromatic carbocycles. The molecule has 1 saturated heterocycles. The number of pyridine rings is 2. The Kier molecular flexibility index (Phi) is 24.2. The number of rotatable bonds is 7. The van der Waals surface area contributed by atoms with Gasteiger partial charge in [-0.1, -0.05) is 54.0 Å². The predicted molar refractivity (Wildman–Crippen MR) is 338 cm³/mol. The number of H-pyrrole nitrogens is 1. The minimum Gasteiger partial charge on any atom is -0.399 e. The van der Waals surface area contributed by atoms with Crippen LogP contribution in [0.5, 0.6) is 0 Å². The summed E-state index contributed by atoms with van der Waals surface area (Å²) < 4.78 is 59.5. The lowest BCUT2D eigenvalue weighted by molar-refractivity contribution is 0.00578. The minimum atomic E-state index is -0.510. The van der Waals surface area contributed by atoms with Crippen LogP contribution >= 0.6 is 101 Å². The van der Waals surface area contributed by atoms with Crippen LogP contribution in [0.25, 0.3) is 75.6 Å². The summed E-state index contributed by atoms with van der Waals surface area (Å²) in [5, 5.41) is 23.0. The molecule has 29 heteroatoms. The SMILES string of the molecule is CC(Cl)Cl.Fc1ccc(-c2[nH]ncc2Br)cc1Cl.N#CCCl.[C-]#[N+]Cn1cc(-c2ccc3ncc([N+]#[C-])n3c2)c(-c2ccc(F)c(Cl)c2)n1.[C-]#[N+]Cn1cc(Br)c(-c2ccc(F)c(Cl)c2)n1.[C-]#[N+]c1cnc2ccc(B3OC(C)(C)C(C)(C)O3)cn12. The van der Waals surface area contributed by atoms with Gasteiger partial charge in [0.25, 0.3) is 11.6 Å². The van der Waals surface area contributed by atoms with E-state index in [0.717, 1.165) is 42.4 Å². The van der Waals surface area contributed by atoms with E-state index >= 15 is 0 Å². The Balaban J connectivity index is 0.000000180. The third-order valence-electron chi connectivity index (χ3n) is 12.2. The molecule has 438 valence electrons. The first-order chi connectivity index (χ1) is 40.9. The number of halogens is 11. The van der Waals surface area contributed by atoms with E-state index in [1.54, 1.807) is 83.1 Å². The second kappa shape index (κ2) is 30.8. The van der Waals surface area contributed by atoms with Crippen molar-refractivity contribution >= 4 is 137 Å². The van der Waals surface area contributed by atoms with Crippen LogP contribution in [0.15, 0.2) is 131 Å². The fourth-order valence-electron chi connectivity index (χ4n) is 7.54. The molecule has 0 saturated carbocycles. The second-order valence-corrected chi connectivity index (χ2v) is 23.3. The molecule has 7 aromatic heterocycles. The summed E-state index contributed by atoms with van der Waals surface area (Å²) in [4.78, 5) is 21.7. The van der Waals surface area contributed by atoms with Gasteiger partial charge < -0.3 is 19.0 Å². The Hall–Kier alpha value is -7.41. The van der Waals surface area contributed by atoms with Crippen LogP contribution in [0, 0.1) is 55.1 Å². The van der Waals surface area contributed by atoms with Crippen molar-refractivity contribution in [2.24, 2.45) is 0 Å². The average molecular weight is 1410 g/mol. The molecular weight excluding hydrogens is 1370 g/mol. The Morgan fingerprint density at radius 2 is 1.09 bits per heavy atom. The van der Waals surface area contributed by atoms with E-state index in [1.807, 2.05) is 52.1 Å². The molecule has 0 radical (unpaired) electrons. The van der Waals surface area contributed by atoms with E-state index in [0.29, 0.717) is 39.8 Å². The van der Waals surface area contributed by atoms with Gasteiger partial charge in [-0.3, -0.25) is 14.8 Å². The zero-order valence-corrected chi connectivity index (χ0v) is 53.3. The molecule has 1 fully saturated rings. The predicted octanol–water partition coefficient (Wildman–Crippen LogP) is 17.4. The summed E-state index contributed by atoms with van der Waals surface area (Å²) in [6.07, 6.45) is 11.8. The first kappa shape index (κ1) is 67.7. The molecular formula is C57H43BBr2Cl6F3N15O2. The summed E-state index contributed by atoms with van der Waals surface area (Å²) in [6.45, 7) is 38.2. The minimum absolute atomic E-state index is 0.00136. The van der Waals surface area contributed by atoms with E-state index in [2.05, 4.69) is 81.6 Å². The Labute approximate surface area is 539 Å². The quantitative estimate of drug-likeness (QED) is 0.0938. The van der Waals surface area contributed by atoms with E-state index < -0.39 is 24.6 Å². The molecule has 0 spiro atoms. The molecule has 0 atom stereocenters. The lowest BCUT2D eigenvalue weighted by Gasteiger charge is -2.32. The van der Waals surface area contributed by atoms with Crippen molar-refractivity contribution in [3.63, 3.8) is 0 Å². The average Bonchev–Trinajstić information content (AvgIpc) is 2.03. The van der Waals surface area contributed by atoms with Gasteiger partial charge in [0.2, 0.25) is 11.3 Å². The number of fused-ring (bicyclic) bond motifs is 2. The van der Waals surface area contributed by atoms with Crippen LogP contribution in [-0.4, -0.2) is 77.6 Å². The molecule has 10 aromatic rings. The third-order valence-corrected chi connectivity index (χ3v) is 14.4. The number of benzene rings is 3. The first-order valence-corrected chi connectivity index (χ1v) is 28.8. The van der Waals surface area contributed by atoms with Crippen molar-refractivity contribution in [2.75, 3.05) is 5.88 Å². The maximum Gasteiger partial charge on any atom is 0.498 e. The monoisotopic (exact) mass is 1410 g/mol. The number of hydrogen-bond acceptors (Lipinski definition) is 8. The summed E-state index contributed by atoms with van der Waals surface area (Å²) in [7, 11) is -0.426. The number of aromatic amines is 1. The topological polar surface area (TPSA) is 159 Å². The van der Waals surface area contributed by atoms with E-state index in [4.69, 9.17) is 110 Å². The molecule has 0 bridgehead atoms. The summed E-state index contributed by atoms with van der Waals surface area (Å²) in [6, 6.07) is 22.4. The highest BCUT2D eigenvalue weighted by molar-refractivity contribution is 9.11. The van der Waals surface area contributed by atoms with Gasteiger partial charge in [-0.15, -0.1) is 34.8 Å². The van der Waals surface area contributed by atoms with Crippen molar-refractivity contribution in [3.8, 4) is 51.0 Å². The van der Waals surface area contributed by atoms with Gasteiger partial charge in [-0.05, 0) is 127 Å². The summed E-state index contributed by atoms with van der Waals surface area (Å²) in [5.74, 6) is -0.424. The molecule has 17 nitrogen and oxygen atoms in total. The highest BCUT2D eigenvalue weighted by Gasteiger charge is 2.52. The molecule has 8 heterocycles. The van der Waals surface area contributed by atoms with Gasteiger partial charge >= 0.3 is 20.5 Å². The molecule has 1 aliphatic heterocycles. The van der Waals surface area contributed by atoms with Crippen molar-refractivity contribution in [2.45, 2.75) is 64.0 Å². The van der Waals surface area contributed by atoms with Gasteiger partial charge in [-0.2, -0.15) is 29.9 Å². The van der Waals surface area contributed by atoms with Crippen LogP contribution in [-0.2, 0) is 22.6 Å². The van der Waals surface area contributed by atoms with Gasteiger partial charge in [0.15, 0.2) is 0 Å². The van der Waals surface area contributed by atoms with Crippen LogP contribution < -0.4 is 5.46 Å². The molecule has 1 aliphatic rings.